The van der Waals surface area contributed by atoms with Crippen molar-refractivity contribution in [3.63, 3.8) is 0 Å². The Labute approximate surface area is 142 Å². The maximum Gasteiger partial charge on any atom is 0.275 e. The molecular weight excluding hydrogens is 324 g/mol. The molecule has 0 fully saturated rings. The number of carbonyl (C=O) groups is 1. The van der Waals surface area contributed by atoms with Gasteiger partial charge in [-0.15, -0.1) is 0 Å². The van der Waals surface area contributed by atoms with Gasteiger partial charge < -0.3 is 19.4 Å². The van der Waals surface area contributed by atoms with Crippen LogP contribution in [0.1, 0.15) is 22.8 Å². The monoisotopic (exact) mass is 340 g/mol. The summed E-state index contributed by atoms with van der Waals surface area (Å²) in [6.07, 6.45) is 3.38. The molecule has 8 heteroatoms. The topological polar surface area (TPSA) is 98.2 Å². The van der Waals surface area contributed by atoms with Crippen molar-refractivity contribution in [1.29, 1.82) is 0 Å². The standard InChI is InChI=1S/C17H16N4O4/c1-2-21-7-11(15-12(8-21)17(23)20-19-15)16(22)18-6-10-3-4-13-14(5-10)25-9-24-13/h3-5,7-8H,2,6,9H2,1H3,(H,18,22)(H,20,23). The van der Waals surface area contributed by atoms with Crippen LogP contribution < -0.4 is 20.3 Å². The van der Waals surface area contributed by atoms with Crippen LogP contribution in [0.25, 0.3) is 11.3 Å². The van der Waals surface area contributed by atoms with E-state index >= 15 is 0 Å². The summed E-state index contributed by atoms with van der Waals surface area (Å²) >= 11 is 0. The Morgan fingerprint density at radius 1 is 1.32 bits per heavy atom. The highest BCUT2D eigenvalue weighted by atomic mass is 16.7. The van der Waals surface area contributed by atoms with E-state index in [0.717, 1.165) is 5.56 Å². The second kappa shape index (κ2) is 5.97. The molecular formula is C17H16N4O4. The minimum Gasteiger partial charge on any atom is -0.454 e. The van der Waals surface area contributed by atoms with Crippen molar-refractivity contribution in [2.45, 2.75) is 20.0 Å². The third kappa shape index (κ3) is 2.71. The molecule has 25 heavy (non-hydrogen) atoms. The van der Waals surface area contributed by atoms with Crippen LogP contribution in [-0.4, -0.2) is 27.5 Å². The summed E-state index contributed by atoms with van der Waals surface area (Å²) in [7, 11) is 0. The van der Waals surface area contributed by atoms with Crippen molar-refractivity contribution in [2.75, 3.05) is 6.79 Å². The van der Waals surface area contributed by atoms with Crippen LogP contribution in [0, 0.1) is 0 Å². The van der Waals surface area contributed by atoms with Crippen molar-refractivity contribution >= 4 is 5.91 Å². The number of fused-ring (bicyclic) bond motifs is 2. The Bertz CT molecular complexity index is 975. The van der Waals surface area contributed by atoms with Gasteiger partial charge >= 0.3 is 0 Å². The Morgan fingerprint density at radius 3 is 3.00 bits per heavy atom. The number of amides is 1. The van der Waals surface area contributed by atoms with E-state index in [1.54, 1.807) is 17.0 Å². The molecule has 0 saturated heterocycles. The summed E-state index contributed by atoms with van der Waals surface area (Å²) < 4.78 is 12.4. The zero-order chi connectivity index (χ0) is 17.4. The van der Waals surface area contributed by atoms with E-state index in [1.165, 1.54) is 0 Å². The number of carbonyl (C=O) groups excluding carboxylic acids is 1. The van der Waals surface area contributed by atoms with E-state index in [1.807, 2.05) is 25.1 Å². The van der Waals surface area contributed by atoms with E-state index < -0.39 is 0 Å². The van der Waals surface area contributed by atoms with Gasteiger partial charge in [0, 0.05) is 25.5 Å². The van der Waals surface area contributed by atoms with Gasteiger partial charge in [0.2, 0.25) is 6.79 Å². The molecule has 128 valence electrons. The lowest BCUT2D eigenvalue weighted by molar-refractivity contribution is 0.0950. The first kappa shape index (κ1) is 15.3. The lowest BCUT2D eigenvalue weighted by Gasteiger charge is -2.11. The summed E-state index contributed by atoms with van der Waals surface area (Å²) in [6, 6.07) is 5.51. The second-order valence-corrected chi connectivity index (χ2v) is 5.69. The molecule has 1 aromatic carbocycles. The first-order chi connectivity index (χ1) is 12.2. The maximum atomic E-state index is 12.6. The van der Waals surface area contributed by atoms with E-state index in [2.05, 4.69) is 15.5 Å². The largest absolute Gasteiger partial charge is 0.454 e. The average Bonchev–Trinajstić information content (AvgIpc) is 3.25. The number of aromatic nitrogens is 3. The SMILES string of the molecule is CCn1cc(C(=O)NCc2ccc3c(c2)OCO3)c2n[nH]c(=O)c-2c1. The molecule has 0 saturated carbocycles. The molecule has 1 aromatic rings. The number of nitrogens with zero attached hydrogens (tertiary/aromatic N) is 2. The minimum atomic E-state index is -0.303. The second-order valence-electron chi connectivity index (χ2n) is 5.69. The lowest BCUT2D eigenvalue weighted by atomic mass is 10.1. The number of hydrogen-bond acceptors (Lipinski definition) is 5. The van der Waals surface area contributed by atoms with Crippen LogP contribution >= 0.6 is 0 Å². The molecule has 0 aromatic heterocycles. The summed E-state index contributed by atoms with van der Waals surface area (Å²) in [4.78, 5) is 24.4. The molecule has 0 bridgehead atoms. The molecule has 4 rings (SSSR count). The number of aromatic amines is 1. The molecule has 0 unspecified atom stereocenters. The molecule has 3 aliphatic heterocycles. The van der Waals surface area contributed by atoms with Gasteiger partial charge in [-0.25, -0.2) is 5.10 Å². The fourth-order valence-corrected chi connectivity index (χ4v) is 2.77. The molecule has 3 heterocycles. The van der Waals surface area contributed by atoms with Gasteiger partial charge in [0.1, 0.15) is 5.69 Å². The molecule has 0 atom stereocenters. The average molecular weight is 340 g/mol. The summed E-state index contributed by atoms with van der Waals surface area (Å²) in [5.74, 6) is 1.07. The zero-order valence-electron chi connectivity index (χ0n) is 13.5. The normalized spacial score (nSPS) is 12.5. The van der Waals surface area contributed by atoms with Crippen LogP contribution in [0.3, 0.4) is 0 Å². The van der Waals surface area contributed by atoms with E-state index in [4.69, 9.17) is 9.47 Å². The highest BCUT2D eigenvalue weighted by Crippen LogP contribution is 2.32. The minimum absolute atomic E-state index is 0.209. The van der Waals surface area contributed by atoms with Crippen LogP contribution in [0.4, 0.5) is 0 Å². The Morgan fingerprint density at radius 2 is 2.16 bits per heavy atom. The molecule has 0 radical (unpaired) electrons. The molecule has 8 nitrogen and oxygen atoms in total. The Balaban J connectivity index is 1.57. The molecule has 0 spiro atoms. The van der Waals surface area contributed by atoms with Gasteiger partial charge in [-0.05, 0) is 24.6 Å². The van der Waals surface area contributed by atoms with Crippen LogP contribution in [0.15, 0.2) is 35.4 Å². The predicted molar refractivity (Wildman–Crippen MR) is 88.9 cm³/mol. The molecule has 0 aliphatic carbocycles. The fourth-order valence-electron chi connectivity index (χ4n) is 2.77. The van der Waals surface area contributed by atoms with Gasteiger partial charge in [-0.1, -0.05) is 6.07 Å². The first-order valence-corrected chi connectivity index (χ1v) is 7.90. The number of aryl methyl sites for hydroxylation is 1. The maximum absolute atomic E-state index is 12.6. The van der Waals surface area contributed by atoms with Gasteiger partial charge in [-0.3, -0.25) is 9.59 Å². The summed E-state index contributed by atoms with van der Waals surface area (Å²) in [5.41, 5.74) is 1.72. The number of pyridine rings is 1. The van der Waals surface area contributed by atoms with Gasteiger partial charge in [0.05, 0.1) is 11.1 Å². The molecule has 2 N–H and O–H groups in total. The third-order valence-electron chi connectivity index (χ3n) is 4.11. The highest BCUT2D eigenvalue weighted by Gasteiger charge is 2.21. The zero-order valence-corrected chi connectivity index (χ0v) is 13.5. The number of H-pyrrole nitrogens is 1. The van der Waals surface area contributed by atoms with Gasteiger partial charge in [-0.2, -0.15) is 5.10 Å². The van der Waals surface area contributed by atoms with Gasteiger partial charge in [0.15, 0.2) is 11.5 Å². The van der Waals surface area contributed by atoms with Crippen molar-refractivity contribution in [2.24, 2.45) is 0 Å². The van der Waals surface area contributed by atoms with Crippen LogP contribution in [0.2, 0.25) is 0 Å². The quantitative estimate of drug-likeness (QED) is 0.747. The number of hydrogen-bond donors (Lipinski definition) is 2. The number of rotatable bonds is 4. The third-order valence-corrected chi connectivity index (χ3v) is 4.11. The van der Waals surface area contributed by atoms with E-state index in [0.29, 0.717) is 41.4 Å². The van der Waals surface area contributed by atoms with Crippen molar-refractivity contribution in [3.8, 4) is 22.8 Å². The van der Waals surface area contributed by atoms with Crippen LogP contribution in [0.5, 0.6) is 11.5 Å². The van der Waals surface area contributed by atoms with E-state index in [9.17, 15) is 9.59 Å². The Hall–Kier alpha value is -3.29. The number of ether oxygens (including phenoxy) is 2. The van der Waals surface area contributed by atoms with E-state index in [-0.39, 0.29) is 18.3 Å². The molecule has 1 amide bonds. The summed E-state index contributed by atoms with van der Waals surface area (Å²) in [6.45, 7) is 3.11. The molecule has 3 aliphatic rings. The first-order valence-electron chi connectivity index (χ1n) is 7.90. The lowest BCUT2D eigenvalue weighted by Crippen LogP contribution is -2.24. The fraction of sp³-hybridized carbons (Fsp3) is 0.235. The van der Waals surface area contributed by atoms with Crippen molar-refractivity contribution in [1.82, 2.24) is 20.1 Å². The van der Waals surface area contributed by atoms with Gasteiger partial charge in [0.25, 0.3) is 11.5 Å². The van der Waals surface area contributed by atoms with Crippen LogP contribution in [-0.2, 0) is 13.1 Å². The Kier molecular flexibility index (Phi) is 3.64. The number of benzene rings is 1. The highest BCUT2D eigenvalue weighted by molar-refractivity contribution is 5.99. The van der Waals surface area contributed by atoms with Crippen molar-refractivity contribution in [3.05, 3.63) is 52.1 Å². The summed E-state index contributed by atoms with van der Waals surface area (Å²) in [5, 5.41) is 9.22. The number of nitrogens with one attached hydrogen (secondary N) is 2. The van der Waals surface area contributed by atoms with Crippen molar-refractivity contribution < 1.29 is 14.3 Å². The predicted octanol–water partition coefficient (Wildman–Crippen LogP) is 1.35. The smallest absolute Gasteiger partial charge is 0.275 e.